The van der Waals surface area contributed by atoms with Crippen molar-refractivity contribution < 1.29 is 14.4 Å². The molecule has 0 saturated carbocycles. The molecule has 8 heteroatoms. The topological polar surface area (TPSA) is 79.4 Å². The minimum atomic E-state index is -0.392. The third kappa shape index (κ3) is 3.54. The molecule has 138 valence electrons. The van der Waals surface area contributed by atoms with Crippen molar-refractivity contribution in [1.29, 1.82) is 0 Å². The summed E-state index contributed by atoms with van der Waals surface area (Å²) in [5, 5.41) is 12.1. The van der Waals surface area contributed by atoms with Gasteiger partial charge >= 0.3 is 0 Å². The van der Waals surface area contributed by atoms with Crippen LogP contribution in [0.2, 0.25) is 0 Å². The smallest absolute Gasteiger partial charge is 0.270 e. The molecule has 0 radical (unpaired) electrons. The molecule has 0 atom stereocenters. The second-order valence-corrected chi connectivity index (χ2v) is 7.04. The Morgan fingerprint density at radius 1 is 1.30 bits per heavy atom. The zero-order chi connectivity index (χ0) is 18.8. The number of aromatic nitrogens is 2. The Labute approximate surface area is 160 Å². The fraction of sp³-hybridized carbons (Fsp3) is 0.211. The van der Waals surface area contributed by atoms with Gasteiger partial charge < -0.3 is 14.0 Å². The summed E-state index contributed by atoms with van der Waals surface area (Å²) in [6.07, 6.45) is 1.84. The monoisotopic (exact) mass is 383 g/mol. The van der Waals surface area contributed by atoms with Crippen LogP contribution < -0.4 is 4.74 Å². The summed E-state index contributed by atoms with van der Waals surface area (Å²) in [7, 11) is 1.96. The van der Waals surface area contributed by atoms with Gasteiger partial charge in [0.1, 0.15) is 5.75 Å². The molecular formula is C19H17N3O4S. The lowest BCUT2D eigenvalue weighted by atomic mass is 10.1. The maximum absolute atomic E-state index is 11.2. The van der Waals surface area contributed by atoms with Crippen molar-refractivity contribution in [2.75, 3.05) is 6.79 Å². The van der Waals surface area contributed by atoms with Crippen molar-refractivity contribution in [2.45, 2.75) is 17.5 Å². The second kappa shape index (κ2) is 7.42. The summed E-state index contributed by atoms with van der Waals surface area (Å²) in [4.78, 5) is 15.3. The molecule has 4 rings (SSSR count). The predicted molar refractivity (Wildman–Crippen MR) is 102 cm³/mol. The van der Waals surface area contributed by atoms with Crippen LogP contribution in [-0.2, 0) is 24.1 Å². The van der Waals surface area contributed by atoms with Gasteiger partial charge in [-0.3, -0.25) is 10.1 Å². The van der Waals surface area contributed by atoms with Gasteiger partial charge in [0.15, 0.2) is 11.9 Å². The Bertz CT molecular complexity index is 988. The lowest BCUT2D eigenvalue weighted by Crippen LogP contribution is -2.13. The van der Waals surface area contributed by atoms with E-state index in [1.165, 1.54) is 17.8 Å². The Hall–Kier alpha value is -2.84. The first-order chi connectivity index (χ1) is 13.1. The maximum Gasteiger partial charge on any atom is 0.270 e. The number of hydrogen-bond acceptors (Lipinski definition) is 6. The Kier molecular flexibility index (Phi) is 4.83. The number of thioether (sulfide) groups is 1. The predicted octanol–water partition coefficient (Wildman–Crippen LogP) is 4.15. The Morgan fingerprint density at radius 3 is 2.89 bits per heavy atom. The highest BCUT2D eigenvalue weighted by Crippen LogP contribution is 2.36. The first-order valence-electron chi connectivity index (χ1n) is 8.34. The van der Waals surface area contributed by atoms with E-state index in [1.54, 1.807) is 6.07 Å². The molecule has 3 aromatic rings. The molecular weight excluding hydrogens is 366 g/mol. The number of nitro benzene ring substituents is 1. The number of ether oxygens (including phenoxy) is 2. The lowest BCUT2D eigenvalue weighted by Gasteiger charge is -2.20. The fourth-order valence-electron chi connectivity index (χ4n) is 3.04. The molecule has 1 aliphatic rings. The molecule has 0 saturated heterocycles. The van der Waals surface area contributed by atoms with Gasteiger partial charge in [0.2, 0.25) is 0 Å². The zero-order valence-corrected chi connectivity index (χ0v) is 15.4. The van der Waals surface area contributed by atoms with Gasteiger partial charge in [-0.15, -0.1) is 0 Å². The van der Waals surface area contributed by atoms with Gasteiger partial charge in [-0.2, -0.15) is 0 Å². The summed E-state index contributed by atoms with van der Waals surface area (Å²) in [6, 6.07) is 13.1. The molecule has 0 amide bonds. The van der Waals surface area contributed by atoms with Gasteiger partial charge in [-0.25, -0.2) is 4.98 Å². The van der Waals surface area contributed by atoms with Crippen molar-refractivity contribution >= 4 is 17.4 Å². The van der Waals surface area contributed by atoms with Gasteiger partial charge in [-0.1, -0.05) is 42.1 Å². The van der Waals surface area contributed by atoms with Crippen LogP contribution in [0.15, 0.2) is 53.8 Å². The van der Waals surface area contributed by atoms with Crippen LogP contribution in [0.3, 0.4) is 0 Å². The van der Waals surface area contributed by atoms with E-state index in [9.17, 15) is 10.1 Å². The van der Waals surface area contributed by atoms with E-state index >= 15 is 0 Å². The normalized spacial score (nSPS) is 13.1. The third-order valence-electron chi connectivity index (χ3n) is 4.35. The van der Waals surface area contributed by atoms with E-state index in [4.69, 9.17) is 9.47 Å². The molecule has 0 unspecified atom stereocenters. The molecule has 1 aromatic heterocycles. The van der Waals surface area contributed by atoms with Crippen LogP contribution in [0, 0.1) is 10.1 Å². The highest BCUT2D eigenvalue weighted by Gasteiger charge is 2.21. The molecule has 1 aliphatic heterocycles. The first kappa shape index (κ1) is 17.6. The van der Waals surface area contributed by atoms with Gasteiger partial charge in [-0.05, 0) is 5.56 Å². The number of fused-ring (bicyclic) bond motifs is 1. The molecule has 0 bridgehead atoms. The molecule has 2 aromatic carbocycles. The highest BCUT2D eigenvalue weighted by molar-refractivity contribution is 7.98. The number of benzene rings is 2. The van der Waals surface area contributed by atoms with Crippen molar-refractivity contribution in [3.63, 3.8) is 0 Å². The van der Waals surface area contributed by atoms with Crippen LogP contribution in [0.1, 0.15) is 11.1 Å². The minimum absolute atomic E-state index is 0.0447. The van der Waals surface area contributed by atoms with E-state index in [1.807, 2.05) is 48.1 Å². The molecule has 27 heavy (non-hydrogen) atoms. The Morgan fingerprint density at radius 2 is 2.11 bits per heavy atom. The third-order valence-corrected chi connectivity index (χ3v) is 5.45. The van der Waals surface area contributed by atoms with Gasteiger partial charge in [0.25, 0.3) is 5.69 Å². The molecule has 0 aliphatic carbocycles. The summed E-state index contributed by atoms with van der Waals surface area (Å²) in [5.74, 6) is 1.19. The minimum Gasteiger partial charge on any atom is -0.467 e. The van der Waals surface area contributed by atoms with Crippen LogP contribution in [0.25, 0.3) is 11.3 Å². The lowest BCUT2D eigenvalue weighted by molar-refractivity contribution is -0.385. The molecule has 7 nitrogen and oxygen atoms in total. The summed E-state index contributed by atoms with van der Waals surface area (Å²) < 4.78 is 12.9. The number of non-ortho nitro benzene ring substituents is 1. The highest BCUT2D eigenvalue weighted by atomic mass is 32.2. The SMILES string of the molecule is Cn1c(-c2ccccc2)cnc1SCc1cc([N+](=O)[O-])cc2c1OCOC2. The van der Waals surface area contributed by atoms with Gasteiger partial charge in [0.05, 0.1) is 23.4 Å². The average Bonchev–Trinajstić information content (AvgIpc) is 3.07. The summed E-state index contributed by atoms with van der Waals surface area (Å²) in [5.41, 5.74) is 3.63. The number of rotatable bonds is 5. The average molecular weight is 383 g/mol. The van der Waals surface area contributed by atoms with Gasteiger partial charge in [0, 0.05) is 36.1 Å². The standard InChI is InChI=1S/C19H17N3O4S/c1-21-17(13-5-3-2-4-6-13)9-20-19(21)27-11-15-8-16(22(23)24)7-14-10-25-12-26-18(14)15/h2-9H,10-12H2,1H3. The second-order valence-electron chi connectivity index (χ2n) is 6.10. The first-order valence-corrected chi connectivity index (χ1v) is 9.32. The summed E-state index contributed by atoms with van der Waals surface area (Å²) in [6.45, 7) is 0.471. The van der Waals surface area contributed by atoms with Crippen LogP contribution in [0.5, 0.6) is 5.75 Å². The maximum atomic E-state index is 11.2. The molecule has 0 N–H and O–H groups in total. The van der Waals surface area contributed by atoms with E-state index in [2.05, 4.69) is 4.98 Å². The van der Waals surface area contributed by atoms with Crippen molar-refractivity contribution in [3.05, 3.63) is 69.9 Å². The Balaban J connectivity index is 1.60. The van der Waals surface area contributed by atoms with E-state index in [0.29, 0.717) is 23.7 Å². The van der Waals surface area contributed by atoms with Crippen LogP contribution in [-0.4, -0.2) is 21.3 Å². The van der Waals surface area contributed by atoms with Crippen LogP contribution in [0.4, 0.5) is 5.69 Å². The van der Waals surface area contributed by atoms with Crippen molar-refractivity contribution in [2.24, 2.45) is 7.05 Å². The number of nitro groups is 1. The van der Waals surface area contributed by atoms with E-state index in [-0.39, 0.29) is 12.5 Å². The van der Waals surface area contributed by atoms with Crippen molar-refractivity contribution in [3.8, 4) is 17.0 Å². The van der Waals surface area contributed by atoms with Crippen LogP contribution >= 0.6 is 11.8 Å². The number of imidazole rings is 1. The zero-order valence-electron chi connectivity index (χ0n) is 14.6. The number of nitrogens with zero attached hydrogens (tertiary/aromatic N) is 3. The molecule has 0 spiro atoms. The van der Waals surface area contributed by atoms with E-state index < -0.39 is 4.92 Å². The molecule has 2 heterocycles. The molecule has 0 fully saturated rings. The largest absolute Gasteiger partial charge is 0.467 e. The van der Waals surface area contributed by atoms with E-state index in [0.717, 1.165) is 22.0 Å². The number of hydrogen-bond donors (Lipinski definition) is 0. The fourth-order valence-corrected chi connectivity index (χ4v) is 3.96. The summed E-state index contributed by atoms with van der Waals surface area (Å²) >= 11 is 1.52. The quantitative estimate of drug-likeness (QED) is 0.374. The van der Waals surface area contributed by atoms with Crippen molar-refractivity contribution in [1.82, 2.24) is 9.55 Å².